The molecule has 0 aromatic heterocycles. The summed E-state index contributed by atoms with van der Waals surface area (Å²) in [4.78, 5) is 0. The fraction of sp³-hybridized carbons (Fsp3) is 0.267. The Labute approximate surface area is 199 Å². The number of allylic oxidation sites excluding steroid dienone is 3. The molecule has 34 heavy (non-hydrogen) atoms. The molecule has 0 saturated carbocycles. The van der Waals surface area contributed by atoms with Crippen LogP contribution in [0, 0.1) is 23.4 Å². The van der Waals surface area contributed by atoms with Crippen molar-refractivity contribution in [2.75, 3.05) is 6.61 Å². The molecule has 1 unspecified atom stereocenters. The van der Waals surface area contributed by atoms with E-state index in [4.69, 9.17) is 4.74 Å². The van der Waals surface area contributed by atoms with Gasteiger partial charge < -0.3 is 4.74 Å². The Morgan fingerprint density at radius 2 is 1.56 bits per heavy atom. The van der Waals surface area contributed by atoms with Gasteiger partial charge in [-0.15, -0.1) is 0 Å². The van der Waals surface area contributed by atoms with Gasteiger partial charge in [-0.25, -0.2) is 8.78 Å². The van der Waals surface area contributed by atoms with E-state index in [9.17, 15) is 13.2 Å². The van der Waals surface area contributed by atoms with Crippen molar-refractivity contribution in [3.05, 3.63) is 95.8 Å². The van der Waals surface area contributed by atoms with Crippen molar-refractivity contribution < 1.29 is 17.9 Å². The predicted octanol–water partition coefficient (Wildman–Crippen LogP) is 8.99. The molecule has 0 N–H and O–H groups in total. The Bertz CT molecular complexity index is 1210. The van der Waals surface area contributed by atoms with E-state index in [1.807, 2.05) is 25.1 Å². The molecule has 0 aliphatic heterocycles. The van der Waals surface area contributed by atoms with Gasteiger partial charge in [-0.1, -0.05) is 68.5 Å². The van der Waals surface area contributed by atoms with Crippen LogP contribution in [0.5, 0.6) is 5.75 Å². The Balaban J connectivity index is 1.53. The molecule has 0 heterocycles. The van der Waals surface area contributed by atoms with E-state index in [0.29, 0.717) is 17.0 Å². The number of hydrogen-bond donors (Lipinski definition) is 0. The highest BCUT2D eigenvalue weighted by Gasteiger charge is 2.17. The zero-order valence-electron chi connectivity index (χ0n) is 19.6. The van der Waals surface area contributed by atoms with Crippen LogP contribution in [-0.2, 0) is 0 Å². The van der Waals surface area contributed by atoms with Crippen molar-refractivity contribution in [3.63, 3.8) is 0 Å². The van der Waals surface area contributed by atoms with Gasteiger partial charge in [0.05, 0.1) is 0 Å². The third-order valence-corrected chi connectivity index (χ3v) is 6.30. The second-order valence-electron chi connectivity index (χ2n) is 8.81. The molecule has 0 saturated heterocycles. The van der Waals surface area contributed by atoms with Gasteiger partial charge in [0.2, 0.25) is 5.82 Å². The van der Waals surface area contributed by atoms with Gasteiger partial charge in [0, 0.05) is 11.1 Å². The lowest BCUT2D eigenvalue weighted by atomic mass is 9.87. The summed E-state index contributed by atoms with van der Waals surface area (Å²) in [7, 11) is 0. The zero-order chi connectivity index (χ0) is 24.1. The minimum Gasteiger partial charge on any atom is -0.486 e. The maximum atomic E-state index is 14.9. The van der Waals surface area contributed by atoms with Gasteiger partial charge in [-0.3, -0.25) is 0 Å². The minimum absolute atomic E-state index is 0.114. The topological polar surface area (TPSA) is 9.23 Å². The highest BCUT2D eigenvalue weighted by atomic mass is 19.2. The first kappa shape index (κ1) is 23.9. The molecular weight excluding hydrogens is 433 g/mol. The Morgan fingerprint density at radius 1 is 0.853 bits per heavy atom. The first-order valence-corrected chi connectivity index (χ1v) is 11.8. The smallest absolute Gasteiger partial charge is 0.201 e. The lowest BCUT2D eigenvalue weighted by Crippen LogP contribution is -2.02. The summed E-state index contributed by atoms with van der Waals surface area (Å²) in [5, 5.41) is 0. The summed E-state index contributed by atoms with van der Waals surface area (Å²) in [6, 6.07) is 15.3. The fourth-order valence-corrected chi connectivity index (χ4v) is 4.25. The third-order valence-electron chi connectivity index (χ3n) is 6.30. The van der Waals surface area contributed by atoms with E-state index in [0.717, 1.165) is 42.4 Å². The molecule has 0 radical (unpaired) electrons. The maximum absolute atomic E-state index is 14.9. The molecule has 1 nitrogen and oxygen atoms in total. The van der Waals surface area contributed by atoms with Gasteiger partial charge in [-0.05, 0) is 72.1 Å². The largest absolute Gasteiger partial charge is 0.486 e. The number of halogens is 3. The normalized spacial score (nSPS) is 16.0. The molecule has 4 heteroatoms. The molecule has 3 aromatic rings. The van der Waals surface area contributed by atoms with Crippen LogP contribution in [0.1, 0.15) is 45.1 Å². The van der Waals surface area contributed by atoms with Crippen molar-refractivity contribution in [1.82, 2.24) is 0 Å². The summed E-state index contributed by atoms with van der Waals surface area (Å²) in [5.41, 5.74) is 3.98. The van der Waals surface area contributed by atoms with Crippen molar-refractivity contribution in [2.24, 2.45) is 5.92 Å². The van der Waals surface area contributed by atoms with Crippen LogP contribution in [0.4, 0.5) is 13.2 Å². The van der Waals surface area contributed by atoms with E-state index in [1.54, 1.807) is 36.4 Å². The average Bonchev–Trinajstić information content (AvgIpc) is 2.85. The summed E-state index contributed by atoms with van der Waals surface area (Å²) in [6.07, 6.45) is 9.62. The number of benzene rings is 3. The molecule has 176 valence electrons. The Hall–Kier alpha value is -3.27. The molecule has 1 atom stereocenters. The Kier molecular flexibility index (Phi) is 7.56. The van der Waals surface area contributed by atoms with Crippen molar-refractivity contribution in [2.45, 2.75) is 39.5 Å². The number of hydrogen-bond acceptors (Lipinski definition) is 1. The SMILES string of the molecule is CC/C=C/COc1ccc(-c2ccc(-c3ccc(C4=CCC(C)CC4)c(F)c3)cc2)c(F)c1F. The second-order valence-corrected chi connectivity index (χ2v) is 8.81. The maximum Gasteiger partial charge on any atom is 0.201 e. The molecule has 0 spiro atoms. The monoisotopic (exact) mass is 462 g/mol. The van der Waals surface area contributed by atoms with E-state index in [1.165, 1.54) is 12.1 Å². The second kappa shape index (κ2) is 10.8. The number of rotatable bonds is 7. The summed E-state index contributed by atoms with van der Waals surface area (Å²) >= 11 is 0. The van der Waals surface area contributed by atoms with Gasteiger partial charge in [0.25, 0.3) is 0 Å². The molecule has 1 aliphatic carbocycles. The standard InChI is InChI=1S/C30H29F3O/c1-3-4-5-18-34-28-17-16-26(29(32)30(28)33)23-12-10-21(11-13-23)24-14-15-25(27(31)19-24)22-8-6-20(2)7-9-22/h4-5,8,10-17,19-20H,3,6-7,9,18H2,1-2H3/b5-4+. The molecular formula is C30H29F3O. The molecule has 1 aliphatic rings. The molecule has 0 bridgehead atoms. The summed E-state index contributed by atoms with van der Waals surface area (Å²) in [6.45, 7) is 4.38. The van der Waals surface area contributed by atoms with Crippen LogP contribution >= 0.6 is 0 Å². The lowest BCUT2D eigenvalue weighted by molar-refractivity contribution is 0.332. The van der Waals surface area contributed by atoms with Crippen LogP contribution in [0.2, 0.25) is 0 Å². The zero-order valence-corrected chi connectivity index (χ0v) is 19.6. The number of ether oxygens (including phenoxy) is 1. The van der Waals surface area contributed by atoms with Crippen molar-refractivity contribution in [3.8, 4) is 28.0 Å². The van der Waals surface area contributed by atoms with E-state index < -0.39 is 11.6 Å². The lowest BCUT2D eigenvalue weighted by Gasteiger charge is -2.19. The van der Waals surface area contributed by atoms with Crippen LogP contribution in [0.15, 0.2) is 72.8 Å². The average molecular weight is 463 g/mol. The predicted molar refractivity (Wildman–Crippen MR) is 133 cm³/mol. The first-order chi connectivity index (χ1) is 16.5. The Morgan fingerprint density at radius 3 is 2.24 bits per heavy atom. The van der Waals surface area contributed by atoms with Crippen LogP contribution < -0.4 is 4.74 Å². The van der Waals surface area contributed by atoms with Gasteiger partial charge in [0.15, 0.2) is 11.6 Å². The van der Waals surface area contributed by atoms with Crippen molar-refractivity contribution in [1.29, 1.82) is 0 Å². The summed E-state index contributed by atoms with van der Waals surface area (Å²) in [5.74, 6) is -1.66. The quantitative estimate of drug-likeness (QED) is 0.318. The molecule has 0 fully saturated rings. The fourth-order valence-electron chi connectivity index (χ4n) is 4.25. The van der Waals surface area contributed by atoms with E-state index in [-0.39, 0.29) is 23.7 Å². The molecule has 0 amide bonds. The van der Waals surface area contributed by atoms with E-state index >= 15 is 0 Å². The van der Waals surface area contributed by atoms with Crippen LogP contribution in [0.3, 0.4) is 0 Å². The molecule has 4 rings (SSSR count). The van der Waals surface area contributed by atoms with Gasteiger partial charge >= 0.3 is 0 Å². The van der Waals surface area contributed by atoms with Gasteiger partial charge in [-0.2, -0.15) is 4.39 Å². The minimum atomic E-state index is -1.00. The van der Waals surface area contributed by atoms with Crippen LogP contribution in [-0.4, -0.2) is 6.61 Å². The third kappa shape index (κ3) is 5.27. The van der Waals surface area contributed by atoms with Crippen LogP contribution in [0.25, 0.3) is 27.8 Å². The highest BCUT2D eigenvalue weighted by Crippen LogP contribution is 2.34. The molecule has 3 aromatic carbocycles. The summed E-state index contributed by atoms with van der Waals surface area (Å²) < 4.78 is 49.4. The first-order valence-electron chi connectivity index (χ1n) is 11.8. The van der Waals surface area contributed by atoms with Gasteiger partial charge in [0.1, 0.15) is 12.4 Å². The highest BCUT2D eigenvalue weighted by molar-refractivity contribution is 5.74. The van der Waals surface area contributed by atoms with Crippen molar-refractivity contribution >= 4 is 5.57 Å². The van der Waals surface area contributed by atoms with E-state index in [2.05, 4.69) is 13.0 Å².